The van der Waals surface area contributed by atoms with E-state index < -0.39 is 0 Å². The average Bonchev–Trinajstić information content (AvgIpc) is 3.28. The van der Waals surface area contributed by atoms with Crippen LogP contribution in [0.4, 0.5) is 0 Å². The van der Waals surface area contributed by atoms with Crippen LogP contribution in [0.25, 0.3) is 55.0 Å². The molecule has 4 aromatic carbocycles. The molecule has 0 aliphatic carbocycles. The third-order valence-electron chi connectivity index (χ3n) is 5.70. The van der Waals surface area contributed by atoms with Crippen LogP contribution < -0.4 is 0 Å². The highest BCUT2D eigenvalue weighted by Gasteiger charge is 2.16. The molecule has 0 aliphatic heterocycles. The van der Waals surface area contributed by atoms with Gasteiger partial charge in [0.25, 0.3) is 0 Å². The van der Waals surface area contributed by atoms with Gasteiger partial charge in [0.2, 0.25) is 0 Å². The number of aryl methyl sites for hydroxylation is 2. The molecule has 28 heavy (non-hydrogen) atoms. The van der Waals surface area contributed by atoms with Gasteiger partial charge >= 0.3 is 0 Å². The van der Waals surface area contributed by atoms with Crippen molar-refractivity contribution in [3.8, 4) is 11.1 Å². The molecule has 134 valence electrons. The second kappa shape index (κ2) is 5.49. The Bertz CT molecular complexity index is 1530. The molecule has 0 fully saturated rings. The largest absolute Gasteiger partial charge is 0.456 e. The second-order valence-corrected chi connectivity index (χ2v) is 7.50. The summed E-state index contributed by atoms with van der Waals surface area (Å²) in [7, 11) is 0. The Morgan fingerprint density at radius 2 is 1.25 bits per heavy atom. The van der Waals surface area contributed by atoms with Crippen molar-refractivity contribution in [2.24, 2.45) is 0 Å². The zero-order valence-corrected chi connectivity index (χ0v) is 15.7. The Kier molecular flexibility index (Phi) is 3.05. The Morgan fingerprint density at radius 3 is 2.07 bits per heavy atom. The van der Waals surface area contributed by atoms with Gasteiger partial charge in [-0.2, -0.15) is 0 Å². The van der Waals surface area contributed by atoms with Gasteiger partial charge in [-0.15, -0.1) is 0 Å². The molecule has 0 spiro atoms. The van der Waals surface area contributed by atoms with E-state index in [-0.39, 0.29) is 0 Å². The van der Waals surface area contributed by atoms with Gasteiger partial charge in [0.15, 0.2) is 0 Å². The standard InChI is InChI=1S/C26H18O2/c1-15-11-12-18(24-20-8-4-6-10-23(20)28-26(15)24)17-13-16(2)25-21(14-17)19-7-3-5-9-22(19)27-25/h3-14H,1-2H3. The van der Waals surface area contributed by atoms with E-state index >= 15 is 0 Å². The van der Waals surface area contributed by atoms with E-state index in [1.54, 1.807) is 0 Å². The molecular weight excluding hydrogens is 344 g/mol. The molecule has 2 nitrogen and oxygen atoms in total. The fourth-order valence-electron chi connectivity index (χ4n) is 4.35. The van der Waals surface area contributed by atoms with Gasteiger partial charge in [-0.25, -0.2) is 0 Å². The van der Waals surface area contributed by atoms with Gasteiger partial charge in [0.1, 0.15) is 22.3 Å². The van der Waals surface area contributed by atoms with Crippen molar-refractivity contribution >= 4 is 43.9 Å². The molecule has 2 aromatic heterocycles. The van der Waals surface area contributed by atoms with Crippen LogP contribution in [0.3, 0.4) is 0 Å². The maximum Gasteiger partial charge on any atom is 0.138 e. The normalized spacial score (nSPS) is 11.9. The number of hydrogen-bond donors (Lipinski definition) is 0. The molecular formula is C26H18O2. The maximum atomic E-state index is 6.20. The van der Waals surface area contributed by atoms with Gasteiger partial charge in [-0.3, -0.25) is 0 Å². The van der Waals surface area contributed by atoms with Crippen molar-refractivity contribution in [3.05, 3.63) is 83.9 Å². The number of benzene rings is 4. The quantitative estimate of drug-likeness (QED) is 0.299. The topological polar surface area (TPSA) is 26.3 Å². The molecule has 0 amide bonds. The summed E-state index contributed by atoms with van der Waals surface area (Å²) in [4.78, 5) is 0. The van der Waals surface area contributed by atoms with Crippen LogP contribution in [0.1, 0.15) is 11.1 Å². The lowest BCUT2D eigenvalue weighted by molar-refractivity contribution is 0.666. The lowest BCUT2D eigenvalue weighted by Crippen LogP contribution is -1.84. The smallest absolute Gasteiger partial charge is 0.138 e. The van der Waals surface area contributed by atoms with Gasteiger partial charge in [-0.1, -0.05) is 48.5 Å². The van der Waals surface area contributed by atoms with Crippen molar-refractivity contribution < 1.29 is 8.83 Å². The molecule has 2 heteroatoms. The van der Waals surface area contributed by atoms with Crippen LogP contribution in [-0.2, 0) is 0 Å². The minimum absolute atomic E-state index is 0.930. The first-order valence-corrected chi connectivity index (χ1v) is 9.54. The van der Waals surface area contributed by atoms with Crippen LogP contribution in [0.2, 0.25) is 0 Å². The molecule has 0 atom stereocenters. The zero-order chi connectivity index (χ0) is 18.8. The van der Waals surface area contributed by atoms with Crippen molar-refractivity contribution in [3.63, 3.8) is 0 Å². The molecule has 6 aromatic rings. The van der Waals surface area contributed by atoms with E-state index in [9.17, 15) is 0 Å². The van der Waals surface area contributed by atoms with Crippen molar-refractivity contribution in [2.45, 2.75) is 13.8 Å². The number of furan rings is 2. The minimum Gasteiger partial charge on any atom is -0.456 e. The summed E-state index contributed by atoms with van der Waals surface area (Å²) in [6.07, 6.45) is 0. The number of fused-ring (bicyclic) bond motifs is 6. The van der Waals surface area contributed by atoms with Crippen LogP contribution in [0.15, 0.2) is 81.6 Å². The summed E-state index contributed by atoms with van der Waals surface area (Å²) in [5.74, 6) is 0. The van der Waals surface area contributed by atoms with E-state index in [4.69, 9.17) is 8.83 Å². The molecule has 0 bridgehead atoms. The third kappa shape index (κ3) is 2.03. The van der Waals surface area contributed by atoms with E-state index in [1.807, 2.05) is 24.3 Å². The van der Waals surface area contributed by atoms with E-state index in [0.717, 1.165) is 49.6 Å². The third-order valence-corrected chi connectivity index (χ3v) is 5.70. The summed E-state index contributed by atoms with van der Waals surface area (Å²) in [5, 5.41) is 4.66. The van der Waals surface area contributed by atoms with Crippen LogP contribution >= 0.6 is 0 Å². The Labute approximate surface area is 162 Å². The summed E-state index contributed by atoms with van der Waals surface area (Å²) >= 11 is 0. The van der Waals surface area contributed by atoms with Gasteiger partial charge in [0, 0.05) is 21.5 Å². The summed E-state index contributed by atoms with van der Waals surface area (Å²) in [6.45, 7) is 4.22. The predicted octanol–water partition coefficient (Wildman–Crippen LogP) is 7.77. The second-order valence-electron chi connectivity index (χ2n) is 7.50. The lowest BCUT2D eigenvalue weighted by atomic mass is 9.95. The van der Waals surface area contributed by atoms with Crippen LogP contribution in [0, 0.1) is 13.8 Å². The Morgan fingerprint density at radius 1 is 0.571 bits per heavy atom. The lowest BCUT2D eigenvalue weighted by Gasteiger charge is -2.08. The first kappa shape index (κ1) is 15.5. The Hall–Kier alpha value is -3.52. The SMILES string of the molecule is Cc1cc(-c2ccc(C)c3oc4ccccc4c23)cc2c1oc1ccccc12. The monoisotopic (exact) mass is 362 g/mol. The van der Waals surface area contributed by atoms with E-state index in [0.29, 0.717) is 0 Å². The summed E-state index contributed by atoms with van der Waals surface area (Å²) in [5.41, 5.74) is 8.47. The van der Waals surface area contributed by atoms with Crippen molar-refractivity contribution in [1.29, 1.82) is 0 Å². The molecule has 6 rings (SSSR count). The highest BCUT2D eigenvalue weighted by Crippen LogP contribution is 2.41. The van der Waals surface area contributed by atoms with Crippen LogP contribution in [0.5, 0.6) is 0 Å². The zero-order valence-electron chi connectivity index (χ0n) is 15.7. The number of hydrogen-bond acceptors (Lipinski definition) is 2. The van der Waals surface area contributed by atoms with E-state index in [2.05, 4.69) is 62.4 Å². The predicted molar refractivity (Wildman–Crippen MR) is 116 cm³/mol. The molecule has 0 unspecified atom stereocenters. The number of para-hydroxylation sites is 2. The minimum atomic E-state index is 0.930. The molecule has 2 heterocycles. The first-order valence-electron chi connectivity index (χ1n) is 9.54. The van der Waals surface area contributed by atoms with E-state index in [1.165, 1.54) is 16.5 Å². The fraction of sp³-hybridized carbons (Fsp3) is 0.0769. The molecule has 0 saturated heterocycles. The molecule has 0 N–H and O–H groups in total. The molecule has 0 aliphatic rings. The highest BCUT2D eigenvalue weighted by molar-refractivity contribution is 6.15. The average molecular weight is 362 g/mol. The number of rotatable bonds is 1. The maximum absolute atomic E-state index is 6.20. The first-order chi connectivity index (χ1) is 13.7. The van der Waals surface area contributed by atoms with Gasteiger partial charge < -0.3 is 8.83 Å². The summed E-state index contributed by atoms with van der Waals surface area (Å²) in [6, 6.07) is 25.3. The van der Waals surface area contributed by atoms with Crippen molar-refractivity contribution in [2.75, 3.05) is 0 Å². The van der Waals surface area contributed by atoms with Gasteiger partial charge in [0.05, 0.1) is 0 Å². The van der Waals surface area contributed by atoms with Crippen LogP contribution in [-0.4, -0.2) is 0 Å². The van der Waals surface area contributed by atoms with Gasteiger partial charge in [-0.05, 0) is 60.4 Å². The molecule has 0 radical (unpaired) electrons. The fourth-order valence-corrected chi connectivity index (χ4v) is 4.35. The Balaban J connectivity index is 1.75. The highest BCUT2D eigenvalue weighted by atomic mass is 16.3. The summed E-state index contributed by atoms with van der Waals surface area (Å²) < 4.78 is 12.3. The van der Waals surface area contributed by atoms with Crippen molar-refractivity contribution in [1.82, 2.24) is 0 Å². The molecule has 0 saturated carbocycles.